The van der Waals surface area contributed by atoms with Gasteiger partial charge in [0.15, 0.2) is 0 Å². The van der Waals surface area contributed by atoms with Crippen molar-refractivity contribution < 1.29 is 9.84 Å². The molecule has 2 heterocycles. The summed E-state index contributed by atoms with van der Waals surface area (Å²) >= 11 is 0. The van der Waals surface area contributed by atoms with Gasteiger partial charge < -0.3 is 20.1 Å². The fourth-order valence-corrected chi connectivity index (χ4v) is 2.72. The second-order valence-corrected chi connectivity index (χ2v) is 6.19. The van der Waals surface area contributed by atoms with E-state index in [0.717, 1.165) is 37.8 Å². The lowest BCUT2D eigenvalue weighted by atomic mass is 9.97. The third-order valence-corrected chi connectivity index (χ3v) is 4.49. The molecule has 0 spiro atoms. The van der Waals surface area contributed by atoms with Crippen molar-refractivity contribution in [1.29, 1.82) is 0 Å². The second kappa shape index (κ2) is 6.25. The van der Waals surface area contributed by atoms with Crippen LogP contribution in [0.15, 0.2) is 12.4 Å². The first-order valence-corrected chi connectivity index (χ1v) is 7.71. The number of ether oxygens (including phenoxy) is 1. The van der Waals surface area contributed by atoms with Crippen LogP contribution in [0.4, 0.5) is 5.95 Å². The highest BCUT2D eigenvalue weighted by Gasteiger charge is 2.40. The number of aliphatic hydroxyl groups is 1. The van der Waals surface area contributed by atoms with Crippen LogP contribution in [-0.2, 0) is 11.3 Å². The van der Waals surface area contributed by atoms with Crippen molar-refractivity contribution in [2.75, 3.05) is 37.8 Å². The van der Waals surface area contributed by atoms with Crippen molar-refractivity contribution in [3.8, 4) is 0 Å². The Morgan fingerprint density at radius 3 is 2.57 bits per heavy atom. The maximum absolute atomic E-state index is 9.58. The molecule has 1 aliphatic carbocycles. The van der Waals surface area contributed by atoms with E-state index in [-0.39, 0.29) is 12.1 Å². The summed E-state index contributed by atoms with van der Waals surface area (Å²) in [5.41, 5.74) is 0.871. The lowest BCUT2D eigenvalue weighted by Gasteiger charge is -2.29. The molecule has 0 aromatic carbocycles. The number of aliphatic hydroxyl groups excluding tert-OH is 1. The topological polar surface area (TPSA) is 70.5 Å². The molecule has 1 saturated carbocycles. The van der Waals surface area contributed by atoms with Gasteiger partial charge in [0.1, 0.15) is 0 Å². The Morgan fingerprint density at radius 1 is 1.33 bits per heavy atom. The van der Waals surface area contributed by atoms with Crippen LogP contribution >= 0.6 is 0 Å². The Labute approximate surface area is 125 Å². The molecular formula is C15H24N4O2. The summed E-state index contributed by atoms with van der Waals surface area (Å²) in [6.07, 6.45) is 6.15. The summed E-state index contributed by atoms with van der Waals surface area (Å²) in [5, 5.41) is 13.0. The highest BCUT2D eigenvalue weighted by molar-refractivity contribution is 5.30. The van der Waals surface area contributed by atoms with Gasteiger partial charge in [-0.15, -0.1) is 0 Å². The summed E-state index contributed by atoms with van der Waals surface area (Å²) in [5.74, 6) is 1.37. The zero-order chi connectivity index (χ0) is 14.7. The molecule has 1 aromatic heterocycles. The van der Waals surface area contributed by atoms with Gasteiger partial charge in [0.2, 0.25) is 5.95 Å². The number of nitrogens with zero attached hydrogens (tertiary/aromatic N) is 3. The molecule has 2 N–H and O–H groups in total. The smallest absolute Gasteiger partial charge is 0.225 e. The first kappa shape index (κ1) is 14.7. The lowest BCUT2D eigenvalue weighted by molar-refractivity contribution is 0.122. The van der Waals surface area contributed by atoms with Crippen molar-refractivity contribution in [2.24, 2.45) is 5.92 Å². The molecule has 1 unspecified atom stereocenters. The Hall–Kier alpha value is -1.24. The van der Waals surface area contributed by atoms with Gasteiger partial charge in [0.25, 0.3) is 0 Å². The molecule has 0 bridgehead atoms. The van der Waals surface area contributed by atoms with Crippen molar-refractivity contribution >= 4 is 5.95 Å². The maximum atomic E-state index is 9.58. The summed E-state index contributed by atoms with van der Waals surface area (Å²) in [4.78, 5) is 11.0. The van der Waals surface area contributed by atoms with E-state index in [1.54, 1.807) is 0 Å². The molecular weight excluding hydrogens is 268 g/mol. The van der Waals surface area contributed by atoms with Gasteiger partial charge in [-0.2, -0.15) is 0 Å². The van der Waals surface area contributed by atoms with Crippen molar-refractivity contribution in [2.45, 2.75) is 31.8 Å². The molecule has 0 amide bonds. The van der Waals surface area contributed by atoms with Crippen LogP contribution in [0.1, 0.15) is 25.3 Å². The average Bonchev–Trinajstić information content (AvgIpc) is 3.39. The molecule has 1 atom stereocenters. The van der Waals surface area contributed by atoms with Gasteiger partial charge in [0.05, 0.1) is 19.8 Å². The lowest BCUT2D eigenvalue weighted by Crippen LogP contribution is -2.47. The van der Waals surface area contributed by atoms with Gasteiger partial charge in [-0.05, 0) is 25.7 Å². The molecule has 6 heteroatoms. The number of anilines is 1. The van der Waals surface area contributed by atoms with Crippen molar-refractivity contribution in [3.05, 3.63) is 18.0 Å². The molecule has 2 fully saturated rings. The van der Waals surface area contributed by atoms with Gasteiger partial charge in [-0.25, -0.2) is 9.97 Å². The van der Waals surface area contributed by atoms with Gasteiger partial charge in [-0.1, -0.05) is 0 Å². The molecule has 0 radical (unpaired) electrons. The van der Waals surface area contributed by atoms with Crippen LogP contribution in [-0.4, -0.2) is 53.5 Å². The van der Waals surface area contributed by atoms with E-state index < -0.39 is 0 Å². The van der Waals surface area contributed by atoms with Gasteiger partial charge in [-0.3, -0.25) is 0 Å². The average molecular weight is 292 g/mol. The summed E-state index contributed by atoms with van der Waals surface area (Å²) < 4.78 is 5.33. The third-order valence-electron chi connectivity index (χ3n) is 4.49. The van der Waals surface area contributed by atoms with E-state index in [1.165, 1.54) is 12.8 Å². The fraction of sp³-hybridized carbons (Fsp3) is 0.733. The van der Waals surface area contributed by atoms with Crippen LogP contribution in [0.2, 0.25) is 0 Å². The summed E-state index contributed by atoms with van der Waals surface area (Å²) in [6.45, 7) is 6.13. The largest absolute Gasteiger partial charge is 0.394 e. The standard InChI is InChI=1S/C15H24N4O2/c1-15(11-20,13-2-3-13)18-10-12-8-16-14(17-9-12)19-4-6-21-7-5-19/h8-9,13,18,20H,2-7,10-11H2,1H3. The van der Waals surface area contributed by atoms with Crippen molar-refractivity contribution in [3.63, 3.8) is 0 Å². The fourth-order valence-electron chi connectivity index (χ4n) is 2.72. The van der Waals surface area contributed by atoms with Crippen LogP contribution in [0.3, 0.4) is 0 Å². The molecule has 116 valence electrons. The van der Waals surface area contributed by atoms with E-state index in [2.05, 4.69) is 27.1 Å². The molecule has 1 aliphatic heterocycles. The summed E-state index contributed by atoms with van der Waals surface area (Å²) in [6, 6.07) is 0. The predicted octanol–water partition coefficient (Wildman–Crippen LogP) is 0.564. The van der Waals surface area contributed by atoms with Crippen LogP contribution in [0, 0.1) is 5.92 Å². The second-order valence-electron chi connectivity index (χ2n) is 6.19. The number of hydrogen-bond acceptors (Lipinski definition) is 6. The van der Waals surface area contributed by atoms with E-state index >= 15 is 0 Å². The normalized spacial score (nSPS) is 22.1. The minimum Gasteiger partial charge on any atom is -0.394 e. The Bertz CT molecular complexity index is 457. The van der Waals surface area contributed by atoms with Gasteiger partial charge >= 0.3 is 0 Å². The number of aromatic nitrogens is 2. The zero-order valence-electron chi connectivity index (χ0n) is 12.6. The van der Waals surface area contributed by atoms with E-state index in [4.69, 9.17) is 4.74 Å². The number of morpholine rings is 1. The van der Waals surface area contributed by atoms with Crippen LogP contribution in [0.5, 0.6) is 0 Å². The Balaban J connectivity index is 1.56. The third kappa shape index (κ3) is 3.51. The summed E-state index contributed by atoms with van der Waals surface area (Å²) in [7, 11) is 0. The maximum Gasteiger partial charge on any atom is 0.225 e. The zero-order valence-corrected chi connectivity index (χ0v) is 12.6. The van der Waals surface area contributed by atoms with Gasteiger partial charge in [0, 0.05) is 43.1 Å². The molecule has 21 heavy (non-hydrogen) atoms. The van der Waals surface area contributed by atoms with Crippen molar-refractivity contribution in [1.82, 2.24) is 15.3 Å². The van der Waals surface area contributed by atoms with Crippen LogP contribution < -0.4 is 10.2 Å². The predicted molar refractivity (Wildman–Crippen MR) is 80.1 cm³/mol. The minimum absolute atomic E-state index is 0.171. The molecule has 3 rings (SSSR count). The number of rotatable bonds is 6. The van der Waals surface area contributed by atoms with Crippen LogP contribution in [0.25, 0.3) is 0 Å². The number of hydrogen-bond donors (Lipinski definition) is 2. The highest BCUT2D eigenvalue weighted by atomic mass is 16.5. The number of nitrogens with one attached hydrogen (secondary N) is 1. The Kier molecular flexibility index (Phi) is 4.37. The molecule has 2 aliphatic rings. The van der Waals surface area contributed by atoms with E-state index in [0.29, 0.717) is 12.5 Å². The minimum atomic E-state index is -0.178. The first-order chi connectivity index (χ1) is 10.2. The van der Waals surface area contributed by atoms with E-state index in [9.17, 15) is 5.11 Å². The highest BCUT2D eigenvalue weighted by Crippen LogP contribution is 2.39. The van der Waals surface area contributed by atoms with E-state index in [1.807, 2.05) is 12.4 Å². The quantitative estimate of drug-likeness (QED) is 0.798. The first-order valence-electron chi connectivity index (χ1n) is 7.71. The molecule has 6 nitrogen and oxygen atoms in total. The molecule has 1 saturated heterocycles. The SMILES string of the molecule is CC(CO)(NCc1cnc(N2CCOCC2)nc1)C1CC1. The molecule has 1 aromatic rings. The Morgan fingerprint density at radius 2 is 2.00 bits per heavy atom. The monoisotopic (exact) mass is 292 g/mol.